The van der Waals surface area contributed by atoms with Gasteiger partial charge in [0.15, 0.2) is 0 Å². The summed E-state index contributed by atoms with van der Waals surface area (Å²) in [6.07, 6.45) is -1.12. The molecule has 0 aliphatic rings. The minimum atomic E-state index is -1.15. The number of ether oxygens (including phenoxy) is 1. The van der Waals surface area contributed by atoms with E-state index in [1.54, 1.807) is 6.92 Å². The van der Waals surface area contributed by atoms with Gasteiger partial charge in [0, 0.05) is 12.6 Å². The van der Waals surface area contributed by atoms with E-state index in [-0.39, 0.29) is 17.0 Å². The van der Waals surface area contributed by atoms with Crippen molar-refractivity contribution in [3.05, 3.63) is 33.9 Å². The van der Waals surface area contributed by atoms with Gasteiger partial charge in [-0.3, -0.25) is 19.7 Å². The summed E-state index contributed by atoms with van der Waals surface area (Å²) in [6, 6.07) is 2.34. The van der Waals surface area contributed by atoms with Crippen LogP contribution in [-0.2, 0) is 4.79 Å². The van der Waals surface area contributed by atoms with Crippen molar-refractivity contribution in [2.45, 2.75) is 26.0 Å². The highest BCUT2D eigenvalue weighted by atomic mass is 16.6. The van der Waals surface area contributed by atoms with Crippen molar-refractivity contribution >= 4 is 17.5 Å². The quantitative estimate of drug-likeness (QED) is 0.485. The lowest BCUT2D eigenvalue weighted by Gasteiger charge is -2.21. The Kier molecular flexibility index (Phi) is 6.46. The van der Waals surface area contributed by atoms with Crippen LogP contribution in [0.5, 0.6) is 5.75 Å². The van der Waals surface area contributed by atoms with Crippen molar-refractivity contribution in [2.24, 2.45) is 0 Å². The van der Waals surface area contributed by atoms with Crippen molar-refractivity contribution in [3.8, 4) is 5.75 Å². The summed E-state index contributed by atoms with van der Waals surface area (Å²) >= 11 is 0. The van der Waals surface area contributed by atoms with Gasteiger partial charge in [-0.25, -0.2) is 0 Å². The van der Waals surface area contributed by atoms with E-state index < -0.39 is 28.9 Å². The number of aliphatic hydroxyl groups excluding tert-OH is 1. The van der Waals surface area contributed by atoms with Gasteiger partial charge in [-0.05, 0) is 19.9 Å². The van der Waals surface area contributed by atoms with Crippen LogP contribution < -0.4 is 15.4 Å². The number of nitrogens with zero attached hydrogens (tertiary/aromatic N) is 1. The number of amides is 2. The van der Waals surface area contributed by atoms with Crippen LogP contribution >= 0.6 is 0 Å². The number of benzene rings is 1. The first-order valence-electron chi connectivity index (χ1n) is 6.90. The van der Waals surface area contributed by atoms with E-state index >= 15 is 0 Å². The van der Waals surface area contributed by atoms with Crippen LogP contribution in [0.2, 0.25) is 0 Å². The maximum Gasteiger partial charge on any atom is 0.273 e. The number of nitro groups is 1. The van der Waals surface area contributed by atoms with E-state index in [0.717, 1.165) is 12.1 Å². The highest BCUT2D eigenvalue weighted by Crippen LogP contribution is 2.24. The number of non-ortho nitro benzene ring substituents is 1. The molecule has 0 fully saturated rings. The van der Waals surface area contributed by atoms with Crippen molar-refractivity contribution in [1.29, 1.82) is 0 Å². The molecule has 23 heavy (non-hydrogen) atoms. The Hall–Kier alpha value is -2.68. The topological polar surface area (TPSA) is 131 Å². The molecule has 3 N–H and O–H groups in total. The van der Waals surface area contributed by atoms with Gasteiger partial charge >= 0.3 is 0 Å². The van der Waals surface area contributed by atoms with Crippen LogP contribution in [0.3, 0.4) is 0 Å². The summed E-state index contributed by atoms with van der Waals surface area (Å²) in [5, 5.41) is 25.3. The summed E-state index contributed by atoms with van der Waals surface area (Å²) in [4.78, 5) is 34.2. The molecular weight excluding hydrogens is 306 g/mol. The van der Waals surface area contributed by atoms with Gasteiger partial charge in [0.2, 0.25) is 5.91 Å². The molecule has 0 aliphatic carbocycles. The summed E-state index contributed by atoms with van der Waals surface area (Å²) in [7, 11) is 1.27. The first-order chi connectivity index (χ1) is 10.8. The lowest BCUT2D eigenvalue weighted by Crippen LogP contribution is -2.52. The molecular formula is C14H19N3O6. The Morgan fingerprint density at radius 1 is 1.43 bits per heavy atom. The van der Waals surface area contributed by atoms with E-state index in [9.17, 15) is 24.8 Å². The predicted octanol–water partition coefficient (Wildman–Crippen LogP) is 0.219. The smallest absolute Gasteiger partial charge is 0.273 e. The monoisotopic (exact) mass is 325 g/mol. The Labute approximate surface area is 132 Å². The number of likely N-dealkylation sites (N-methyl/N-ethyl adjacent to an activating group) is 1. The Morgan fingerprint density at radius 2 is 2.09 bits per heavy atom. The van der Waals surface area contributed by atoms with Crippen LogP contribution in [0, 0.1) is 10.1 Å². The number of hydrogen-bond acceptors (Lipinski definition) is 6. The van der Waals surface area contributed by atoms with Gasteiger partial charge in [0.25, 0.3) is 11.6 Å². The number of aliphatic hydroxyl groups is 1. The third-order valence-electron chi connectivity index (χ3n) is 3.04. The largest absolute Gasteiger partial charge is 0.496 e. The first kappa shape index (κ1) is 18.4. The minimum Gasteiger partial charge on any atom is -0.496 e. The molecule has 0 heterocycles. The molecule has 0 saturated carbocycles. The molecule has 2 atom stereocenters. The normalized spacial score (nSPS) is 12.9. The summed E-state index contributed by atoms with van der Waals surface area (Å²) in [5.74, 6) is -1.22. The first-order valence-corrected chi connectivity index (χ1v) is 6.90. The van der Waals surface area contributed by atoms with Crippen molar-refractivity contribution in [3.63, 3.8) is 0 Å². The van der Waals surface area contributed by atoms with E-state index in [0.29, 0.717) is 6.54 Å². The molecule has 1 rings (SSSR count). The van der Waals surface area contributed by atoms with E-state index in [1.807, 2.05) is 0 Å². The second-order valence-electron chi connectivity index (χ2n) is 4.73. The van der Waals surface area contributed by atoms with E-state index in [4.69, 9.17) is 4.74 Å². The number of rotatable bonds is 7. The van der Waals surface area contributed by atoms with Gasteiger partial charge in [-0.2, -0.15) is 0 Å². The Balaban J connectivity index is 3.04. The minimum absolute atomic E-state index is 0.00283. The third-order valence-corrected chi connectivity index (χ3v) is 3.04. The molecule has 0 spiro atoms. The number of nitrogens with one attached hydrogen (secondary N) is 2. The second kappa shape index (κ2) is 8.08. The third kappa shape index (κ3) is 4.65. The van der Waals surface area contributed by atoms with Gasteiger partial charge < -0.3 is 20.5 Å². The average molecular weight is 325 g/mol. The highest BCUT2D eigenvalue weighted by molar-refractivity contribution is 6.00. The van der Waals surface area contributed by atoms with Crippen LogP contribution in [0.4, 0.5) is 5.69 Å². The Morgan fingerprint density at radius 3 is 2.57 bits per heavy atom. The number of carbonyl (C=O) groups excluding carboxylic acids is 2. The molecule has 0 aliphatic heterocycles. The molecule has 1 aromatic rings. The summed E-state index contributed by atoms with van der Waals surface area (Å²) in [6.45, 7) is 3.42. The maximum atomic E-state index is 12.3. The molecule has 0 radical (unpaired) electrons. The number of carbonyl (C=O) groups is 2. The molecule has 0 aromatic heterocycles. The molecule has 9 nitrogen and oxygen atoms in total. The van der Waals surface area contributed by atoms with E-state index in [1.165, 1.54) is 20.1 Å². The van der Waals surface area contributed by atoms with Gasteiger partial charge in [-0.15, -0.1) is 0 Å². The van der Waals surface area contributed by atoms with Crippen LogP contribution in [-0.4, -0.2) is 47.6 Å². The van der Waals surface area contributed by atoms with Gasteiger partial charge in [0.1, 0.15) is 11.8 Å². The van der Waals surface area contributed by atoms with E-state index in [2.05, 4.69) is 10.6 Å². The summed E-state index contributed by atoms with van der Waals surface area (Å²) in [5.41, 5.74) is -0.206. The lowest BCUT2D eigenvalue weighted by atomic mass is 10.1. The molecule has 1 aromatic carbocycles. The summed E-state index contributed by atoms with van der Waals surface area (Å²) < 4.78 is 4.98. The SMILES string of the molecule is CCNC(=O)[C@@H](NC(=O)c1ccc([N+](=O)[O-])cc1OC)[C@@H](C)O. The van der Waals surface area contributed by atoms with Gasteiger partial charge in [0.05, 0.1) is 29.8 Å². The highest BCUT2D eigenvalue weighted by Gasteiger charge is 2.27. The maximum absolute atomic E-state index is 12.3. The number of methoxy groups -OCH3 is 1. The zero-order valence-electron chi connectivity index (χ0n) is 13.0. The molecule has 9 heteroatoms. The van der Waals surface area contributed by atoms with Crippen LogP contribution in [0.1, 0.15) is 24.2 Å². The number of nitro benzene ring substituents is 1. The van der Waals surface area contributed by atoms with Crippen LogP contribution in [0.15, 0.2) is 18.2 Å². The van der Waals surface area contributed by atoms with Crippen molar-refractivity contribution in [2.75, 3.05) is 13.7 Å². The van der Waals surface area contributed by atoms with Crippen molar-refractivity contribution < 1.29 is 24.4 Å². The average Bonchev–Trinajstić information content (AvgIpc) is 2.51. The molecule has 0 bridgehead atoms. The number of hydrogen-bond donors (Lipinski definition) is 3. The van der Waals surface area contributed by atoms with Gasteiger partial charge in [-0.1, -0.05) is 0 Å². The zero-order valence-corrected chi connectivity index (χ0v) is 13.0. The predicted molar refractivity (Wildman–Crippen MR) is 81.3 cm³/mol. The molecule has 2 amide bonds. The van der Waals surface area contributed by atoms with Crippen molar-refractivity contribution in [1.82, 2.24) is 10.6 Å². The fraction of sp³-hybridized carbons (Fsp3) is 0.429. The second-order valence-corrected chi connectivity index (χ2v) is 4.73. The zero-order chi connectivity index (χ0) is 17.6. The Bertz CT molecular complexity index is 602. The standard InChI is InChI=1S/C14H19N3O6/c1-4-15-14(20)12(8(2)18)16-13(19)10-6-5-9(17(21)22)7-11(10)23-3/h5-8,12,18H,4H2,1-3H3,(H,15,20)(H,16,19)/t8-,12+/m1/s1. The van der Waals surface area contributed by atoms with Crippen LogP contribution in [0.25, 0.3) is 0 Å². The molecule has 0 unspecified atom stereocenters. The molecule has 0 saturated heterocycles. The fourth-order valence-corrected chi connectivity index (χ4v) is 1.89. The lowest BCUT2D eigenvalue weighted by molar-refractivity contribution is -0.384. The fourth-order valence-electron chi connectivity index (χ4n) is 1.89. The molecule has 126 valence electrons.